The van der Waals surface area contributed by atoms with E-state index in [9.17, 15) is 4.79 Å². The molecule has 0 aliphatic carbocycles. The number of halogens is 1. The molecule has 0 bridgehead atoms. The third-order valence-corrected chi connectivity index (χ3v) is 3.38. The standard InChI is InChI=1S/C12H16ClN5O/c1-4-17-9(3)11(6-15-17)16-12(19)7-18-8(2)10(13)5-14-18/h5-6H,4,7H2,1-3H3,(H,16,19). The zero-order valence-electron chi connectivity index (χ0n) is 11.1. The molecule has 2 aromatic heterocycles. The SMILES string of the molecule is CCn1ncc(NC(=O)Cn2ncc(Cl)c2C)c1C. The van der Waals surface area contributed by atoms with Gasteiger partial charge in [0.25, 0.3) is 0 Å². The quantitative estimate of drug-likeness (QED) is 0.932. The Morgan fingerprint density at radius 3 is 2.47 bits per heavy atom. The highest BCUT2D eigenvalue weighted by molar-refractivity contribution is 6.31. The Morgan fingerprint density at radius 2 is 1.95 bits per heavy atom. The number of carbonyl (C=O) groups is 1. The molecule has 0 saturated heterocycles. The summed E-state index contributed by atoms with van der Waals surface area (Å²) in [5, 5.41) is 11.6. The maximum absolute atomic E-state index is 11.9. The second kappa shape index (κ2) is 5.44. The number of aryl methyl sites for hydroxylation is 1. The second-order valence-electron chi connectivity index (χ2n) is 4.24. The van der Waals surface area contributed by atoms with Crippen LogP contribution in [0.5, 0.6) is 0 Å². The van der Waals surface area contributed by atoms with Crippen molar-refractivity contribution in [1.29, 1.82) is 0 Å². The zero-order chi connectivity index (χ0) is 14.0. The molecule has 0 aliphatic heterocycles. The van der Waals surface area contributed by atoms with Crippen LogP contribution < -0.4 is 5.32 Å². The maximum Gasteiger partial charge on any atom is 0.246 e. The number of amides is 1. The molecule has 0 aromatic carbocycles. The van der Waals surface area contributed by atoms with Gasteiger partial charge in [-0.3, -0.25) is 14.2 Å². The van der Waals surface area contributed by atoms with Crippen molar-refractivity contribution in [2.24, 2.45) is 0 Å². The molecule has 0 radical (unpaired) electrons. The average molecular weight is 282 g/mol. The molecular weight excluding hydrogens is 266 g/mol. The van der Waals surface area contributed by atoms with E-state index in [2.05, 4.69) is 15.5 Å². The number of anilines is 1. The monoisotopic (exact) mass is 281 g/mol. The van der Waals surface area contributed by atoms with Crippen LogP contribution in [0.3, 0.4) is 0 Å². The summed E-state index contributed by atoms with van der Waals surface area (Å²) < 4.78 is 3.39. The Kier molecular flexibility index (Phi) is 3.90. The Balaban J connectivity index is 2.05. The molecule has 19 heavy (non-hydrogen) atoms. The lowest BCUT2D eigenvalue weighted by Crippen LogP contribution is -2.20. The molecule has 0 saturated carbocycles. The molecule has 1 N–H and O–H groups in total. The summed E-state index contributed by atoms with van der Waals surface area (Å²) in [4.78, 5) is 11.9. The Morgan fingerprint density at radius 1 is 1.26 bits per heavy atom. The molecule has 0 atom stereocenters. The van der Waals surface area contributed by atoms with Crippen LogP contribution in [-0.4, -0.2) is 25.5 Å². The minimum absolute atomic E-state index is 0.134. The van der Waals surface area contributed by atoms with Crippen molar-refractivity contribution in [2.75, 3.05) is 5.32 Å². The van der Waals surface area contributed by atoms with E-state index in [0.717, 1.165) is 23.6 Å². The van der Waals surface area contributed by atoms with E-state index in [0.29, 0.717) is 5.02 Å². The number of nitrogens with one attached hydrogen (secondary N) is 1. The molecule has 0 fully saturated rings. The van der Waals surface area contributed by atoms with Crippen LogP contribution in [0.1, 0.15) is 18.3 Å². The summed E-state index contributed by atoms with van der Waals surface area (Å²) in [5.74, 6) is -0.151. The van der Waals surface area contributed by atoms with Gasteiger partial charge in [0.15, 0.2) is 0 Å². The summed E-state index contributed by atoms with van der Waals surface area (Å²) in [7, 11) is 0. The zero-order valence-corrected chi connectivity index (χ0v) is 11.9. The van der Waals surface area contributed by atoms with Crippen LogP contribution in [0.2, 0.25) is 5.02 Å². The van der Waals surface area contributed by atoms with E-state index in [4.69, 9.17) is 11.6 Å². The Hall–Kier alpha value is -1.82. The predicted molar refractivity (Wildman–Crippen MR) is 73.2 cm³/mol. The van der Waals surface area contributed by atoms with Gasteiger partial charge in [0.2, 0.25) is 5.91 Å². The normalized spacial score (nSPS) is 10.7. The van der Waals surface area contributed by atoms with E-state index in [1.54, 1.807) is 10.9 Å². The lowest BCUT2D eigenvalue weighted by molar-refractivity contribution is -0.116. The van der Waals surface area contributed by atoms with Crippen LogP contribution in [0.15, 0.2) is 12.4 Å². The van der Waals surface area contributed by atoms with E-state index < -0.39 is 0 Å². The summed E-state index contributed by atoms with van der Waals surface area (Å²) in [6.45, 7) is 6.65. The first-order valence-corrected chi connectivity index (χ1v) is 6.41. The van der Waals surface area contributed by atoms with Crippen LogP contribution in [-0.2, 0) is 17.9 Å². The van der Waals surface area contributed by atoms with E-state index in [1.807, 2.05) is 25.5 Å². The number of hydrogen-bond acceptors (Lipinski definition) is 3. The van der Waals surface area contributed by atoms with Gasteiger partial charge in [-0.2, -0.15) is 10.2 Å². The van der Waals surface area contributed by atoms with Gasteiger partial charge < -0.3 is 5.32 Å². The summed E-state index contributed by atoms with van der Waals surface area (Å²) in [6, 6.07) is 0. The van der Waals surface area contributed by atoms with Crippen LogP contribution in [0, 0.1) is 13.8 Å². The first-order chi connectivity index (χ1) is 9.02. The van der Waals surface area contributed by atoms with Gasteiger partial charge in [-0.1, -0.05) is 11.6 Å². The van der Waals surface area contributed by atoms with Crippen molar-refractivity contribution in [3.05, 3.63) is 28.8 Å². The minimum atomic E-state index is -0.151. The number of aromatic nitrogens is 4. The predicted octanol–water partition coefficient (Wildman–Crippen LogP) is 2.01. The third-order valence-electron chi connectivity index (χ3n) is 3.01. The molecule has 2 aromatic rings. The molecule has 7 heteroatoms. The number of rotatable bonds is 4. The summed E-state index contributed by atoms with van der Waals surface area (Å²) in [5.41, 5.74) is 2.44. The van der Waals surface area contributed by atoms with Crippen LogP contribution >= 0.6 is 11.6 Å². The molecule has 1 amide bonds. The van der Waals surface area contributed by atoms with Crippen molar-refractivity contribution < 1.29 is 4.79 Å². The molecule has 0 aliphatic rings. The fourth-order valence-electron chi connectivity index (χ4n) is 1.80. The summed E-state index contributed by atoms with van der Waals surface area (Å²) in [6.07, 6.45) is 3.18. The van der Waals surface area contributed by atoms with Crippen molar-refractivity contribution in [3.63, 3.8) is 0 Å². The lowest BCUT2D eigenvalue weighted by atomic mass is 10.4. The average Bonchev–Trinajstić information content (AvgIpc) is 2.88. The largest absolute Gasteiger partial charge is 0.322 e. The van der Waals surface area contributed by atoms with Gasteiger partial charge in [-0.05, 0) is 20.8 Å². The van der Waals surface area contributed by atoms with Gasteiger partial charge in [0, 0.05) is 6.54 Å². The van der Waals surface area contributed by atoms with E-state index in [1.165, 1.54) is 6.20 Å². The van der Waals surface area contributed by atoms with Crippen molar-refractivity contribution in [2.45, 2.75) is 33.9 Å². The molecule has 102 valence electrons. The number of hydrogen-bond donors (Lipinski definition) is 1. The summed E-state index contributed by atoms with van der Waals surface area (Å²) >= 11 is 5.89. The fraction of sp³-hybridized carbons (Fsp3) is 0.417. The van der Waals surface area contributed by atoms with Gasteiger partial charge in [-0.25, -0.2) is 0 Å². The molecule has 0 unspecified atom stereocenters. The minimum Gasteiger partial charge on any atom is -0.322 e. The van der Waals surface area contributed by atoms with Crippen LogP contribution in [0.4, 0.5) is 5.69 Å². The first kappa shape index (κ1) is 13.6. The van der Waals surface area contributed by atoms with Gasteiger partial charge in [0.1, 0.15) is 6.54 Å². The molecule has 0 spiro atoms. The Labute approximate surface area is 116 Å². The van der Waals surface area contributed by atoms with Crippen molar-refractivity contribution >= 4 is 23.2 Å². The van der Waals surface area contributed by atoms with Gasteiger partial charge in [0.05, 0.1) is 34.5 Å². The van der Waals surface area contributed by atoms with E-state index >= 15 is 0 Å². The maximum atomic E-state index is 11.9. The molecule has 6 nitrogen and oxygen atoms in total. The molecule has 2 heterocycles. The highest BCUT2D eigenvalue weighted by Gasteiger charge is 2.12. The van der Waals surface area contributed by atoms with Crippen LogP contribution in [0.25, 0.3) is 0 Å². The fourth-order valence-corrected chi connectivity index (χ4v) is 1.94. The molecular formula is C12H16ClN5O. The lowest BCUT2D eigenvalue weighted by Gasteiger charge is -2.06. The highest BCUT2D eigenvalue weighted by Crippen LogP contribution is 2.15. The topological polar surface area (TPSA) is 64.7 Å². The first-order valence-electron chi connectivity index (χ1n) is 6.03. The number of nitrogens with zero attached hydrogens (tertiary/aromatic N) is 4. The number of carbonyl (C=O) groups excluding carboxylic acids is 1. The third kappa shape index (κ3) is 2.78. The van der Waals surface area contributed by atoms with Gasteiger partial charge in [-0.15, -0.1) is 0 Å². The van der Waals surface area contributed by atoms with Gasteiger partial charge >= 0.3 is 0 Å². The van der Waals surface area contributed by atoms with E-state index in [-0.39, 0.29) is 12.5 Å². The second-order valence-corrected chi connectivity index (χ2v) is 4.65. The molecule has 2 rings (SSSR count). The Bertz CT molecular complexity index is 601. The highest BCUT2D eigenvalue weighted by atomic mass is 35.5. The smallest absolute Gasteiger partial charge is 0.246 e. The van der Waals surface area contributed by atoms with Crippen molar-refractivity contribution in [1.82, 2.24) is 19.6 Å². The van der Waals surface area contributed by atoms with Crippen molar-refractivity contribution in [3.8, 4) is 0 Å².